The van der Waals surface area contributed by atoms with Gasteiger partial charge in [0.2, 0.25) is 0 Å². The number of nitrogens with two attached hydrogens (primary N) is 1. The van der Waals surface area contributed by atoms with Gasteiger partial charge in [-0.25, -0.2) is 10.2 Å². The molecular weight excluding hydrogens is 394 g/mol. The molecule has 4 aliphatic rings. The molecule has 8 atom stereocenters. The number of rotatable bonds is 6. The second-order valence-electron chi connectivity index (χ2n) is 12.7. The number of nitrogens with one attached hydrogen (secondary N) is 1. The van der Waals surface area contributed by atoms with Crippen LogP contribution in [0.2, 0.25) is 0 Å². The Labute approximate surface area is 196 Å². The van der Waals surface area contributed by atoms with Crippen LogP contribution in [0, 0.1) is 52.3 Å². The van der Waals surface area contributed by atoms with E-state index in [0.29, 0.717) is 11.3 Å². The Bertz CT molecular complexity index is 758. The SMILES string of the molecule is CC(C)CCC[C@@H](C)[C@H]1CC[C@H]2[C@@H]3CC[C@@H]4C/C(=N/NC(N)=O)C=C[C@]4(C)[C@H]3CC[C@]12C. The molecule has 0 unspecified atom stereocenters. The Hall–Kier alpha value is -1.32. The highest BCUT2D eigenvalue weighted by Gasteiger charge is 2.59. The minimum atomic E-state index is -0.580. The van der Waals surface area contributed by atoms with Crippen LogP contribution in [0.1, 0.15) is 98.8 Å². The van der Waals surface area contributed by atoms with Crippen LogP contribution in [0.25, 0.3) is 0 Å². The molecule has 0 radical (unpaired) electrons. The summed E-state index contributed by atoms with van der Waals surface area (Å²) in [6, 6.07) is -0.580. The fourth-order valence-electron chi connectivity index (χ4n) is 8.88. The van der Waals surface area contributed by atoms with Gasteiger partial charge in [0.1, 0.15) is 0 Å². The summed E-state index contributed by atoms with van der Waals surface area (Å²) in [4.78, 5) is 11.1. The van der Waals surface area contributed by atoms with E-state index in [0.717, 1.165) is 47.6 Å². The van der Waals surface area contributed by atoms with Crippen molar-refractivity contribution in [2.24, 2.45) is 63.1 Å². The second kappa shape index (κ2) is 9.14. The van der Waals surface area contributed by atoms with Gasteiger partial charge in [-0.2, -0.15) is 5.10 Å². The summed E-state index contributed by atoms with van der Waals surface area (Å²) in [6.07, 6.45) is 18.2. The van der Waals surface area contributed by atoms with Crippen molar-refractivity contribution in [3.05, 3.63) is 12.2 Å². The highest BCUT2D eigenvalue weighted by molar-refractivity contribution is 5.96. The zero-order chi connectivity index (χ0) is 23.1. The number of urea groups is 1. The molecule has 0 saturated heterocycles. The number of hydrazone groups is 1. The highest BCUT2D eigenvalue weighted by Crippen LogP contribution is 2.67. The summed E-state index contributed by atoms with van der Waals surface area (Å²) in [7, 11) is 0. The molecule has 2 amide bonds. The van der Waals surface area contributed by atoms with Crippen molar-refractivity contribution in [2.75, 3.05) is 0 Å². The van der Waals surface area contributed by atoms with E-state index in [1.165, 1.54) is 57.8 Å². The topological polar surface area (TPSA) is 67.5 Å². The molecule has 4 nitrogen and oxygen atoms in total. The molecule has 0 aromatic rings. The number of fused-ring (bicyclic) bond motifs is 5. The predicted molar refractivity (Wildman–Crippen MR) is 133 cm³/mol. The van der Waals surface area contributed by atoms with Crippen LogP contribution in [0.4, 0.5) is 4.79 Å². The van der Waals surface area contributed by atoms with Gasteiger partial charge in [-0.1, -0.05) is 60.0 Å². The number of hydrogen-bond donors (Lipinski definition) is 2. The molecule has 0 aromatic carbocycles. The van der Waals surface area contributed by atoms with Crippen LogP contribution in [0.5, 0.6) is 0 Å². The fraction of sp³-hybridized carbons (Fsp3) is 0.857. The minimum absolute atomic E-state index is 0.275. The predicted octanol–water partition coefficient (Wildman–Crippen LogP) is 6.91. The number of allylic oxidation sites excluding steroid dienone is 2. The number of primary amides is 1. The third-order valence-electron chi connectivity index (χ3n) is 10.6. The summed E-state index contributed by atoms with van der Waals surface area (Å²) >= 11 is 0. The van der Waals surface area contributed by atoms with Crippen LogP contribution in [-0.4, -0.2) is 11.7 Å². The molecule has 4 aliphatic carbocycles. The second-order valence-corrected chi connectivity index (χ2v) is 12.7. The van der Waals surface area contributed by atoms with E-state index >= 15 is 0 Å². The standard InChI is InChI=1S/C28H47N3O/c1-18(2)7-6-8-19(3)23-11-12-24-22-10-9-20-17-21(30-31-26(29)32)13-15-27(20,4)25(22)14-16-28(23,24)5/h13,15,18-20,22-25H,6-12,14,16-17H2,1-5H3,(H3,29,31,32)/b30-21+/t19-,20-,22+,23-,24+,25+,27+,28-/m1/s1. The van der Waals surface area contributed by atoms with Crippen molar-refractivity contribution in [1.29, 1.82) is 0 Å². The van der Waals surface area contributed by atoms with Gasteiger partial charge in [-0.15, -0.1) is 0 Å². The summed E-state index contributed by atoms with van der Waals surface area (Å²) in [6.45, 7) is 12.5. The highest BCUT2D eigenvalue weighted by atomic mass is 16.2. The van der Waals surface area contributed by atoms with Crippen molar-refractivity contribution in [3.63, 3.8) is 0 Å². The van der Waals surface area contributed by atoms with Gasteiger partial charge in [0.25, 0.3) is 0 Å². The Balaban J connectivity index is 1.47. The summed E-state index contributed by atoms with van der Waals surface area (Å²) in [5, 5.41) is 4.24. The Morgan fingerprint density at radius 2 is 1.91 bits per heavy atom. The van der Waals surface area contributed by atoms with E-state index in [2.05, 4.69) is 57.3 Å². The summed E-state index contributed by atoms with van der Waals surface area (Å²) < 4.78 is 0. The first kappa shape index (κ1) is 23.8. The van der Waals surface area contributed by atoms with Crippen molar-refractivity contribution >= 4 is 11.7 Å². The van der Waals surface area contributed by atoms with Crippen molar-refractivity contribution in [1.82, 2.24) is 5.43 Å². The molecule has 3 fully saturated rings. The third-order valence-corrected chi connectivity index (χ3v) is 10.6. The Morgan fingerprint density at radius 3 is 2.62 bits per heavy atom. The zero-order valence-corrected chi connectivity index (χ0v) is 21.2. The number of nitrogens with zero attached hydrogens (tertiary/aromatic N) is 1. The van der Waals surface area contributed by atoms with E-state index in [1.54, 1.807) is 0 Å². The normalized spacial score (nSPS) is 42.9. The first-order valence-electron chi connectivity index (χ1n) is 13.5. The molecule has 3 N–H and O–H groups in total. The summed E-state index contributed by atoms with van der Waals surface area (Å²) in [5.74, 6) is 5.87. The largest absolute Gasteiger partial charge is 0.350 e. The number of carbonyl (C=O) groups is 1. The molecule has 4 heteroatoms. The van der Waals surface area contributed by atoms with Crippen molar-refractivity contribution in [3.8, 4) is 0 Å². The maximum absolute atomic E-state index is 11.1. The lowest BCUT2D eigenvalue weighted by Crippen LogP contribution is -2.52. The molecular formula is C28H47N3O. The number of carbonyl (C=O) groups excluding carboxylic acids is 1. The molecule has 0 aliphatic heterocycles. The van der Waals surface area contributed by atoms with Crippen LogP contribution in [0.3, 0.4) is 0 Å². The molecule has 4 rings (SSSR count). The molecule has 0 aromatic heterocycles. The van der Waals surface area contributed by atoms with Crippen LogP contribution in [-0.2, 0) is 0 Å². The van der Waals surface area contributed by atoms with E-state index in [9.17, 15) is 4.79 Å². The van der Waals surface area contributed by atoms with Gasteiger partial charge in [-0.05, 0) is 103 Å². The maximum Gasteiger partial charge on any atom is 0.332 e. The van der Waals surface area contributed by atoms with Gasteiger partial charge in [0.05, 0.1) is 5.71 Å². The Morgan fingerprint density at radius 1 is 1.12 bits per heavy atom. The van der Waals surface area contributed by atoms with Gasteiger partial charge in [0, 0.05) is 0 Å². The average molecular weight is 442 g/mol. The summed E-state index contributed by atoms with van der Waals surface area (Å²) in [5.41, 5.74) is 9.44. The van der Waals surface area contributed by atoms with Crippen LogP contribution >= 0.6 is 0 Å². The van der Waals surface area contributed by atoms with Crippen LogP contribution < -0.4 is 11.2 Å². The van der Waals surface area contributed by atoms with E-state index in [4.69, 9.17) is 5.73 Å². The zero-order valence-electron chi connectivity index (χ0n) is 21.2. The van der Waals surface area contributed by atoms with Gasteiger partial charge in [-0.3, -0.25) is 0 Å². The van der Waals surface area contributed by atoms with E-state index in [1.807, 2.05) is 0 Å². The molecule has 0 bridgehead atoms. The lowest BCUT2D eigenvalue weighted by Gasteiger charge is -2.59. The molecule has 180 valence electrons. The van der Waals surface area contributed by atoms with Crippen molar-refractivity contribution in [2.45, 2.75) is 98.8 Å². The fourth-order valence-corrected chi connectivity index (χ4v) is 8.88. The third kappa shape index (κ3) is 4.28. The first-order chi connectivity index (χ1) is 15.1. The minimum Gasteiger partial charge on any atom is -0.350 e. The maximum atomic E-state index is 11.1. The smallest absolute Gasteiger partial charge is 0.332 e. The number of amides is 2. The molecule has 3 saturated carbocycles. The molecule has 32 heavy (non-hydrogen) atoms. The molecule has 0 heterocycles. The van der Waals surface area contributed by atoms with Crippen LogP contribution in [0.15, 0.2) is 17.3 Å². The van der Waals surface area contributed by atoms with E-state index < -0.39 is 6.03 Å². The Kier molecular flexibility index (Phi) is 6.81. The quantitative estimate of drug-likeness (QED) is 0.432. The monoisotopic (exact) mass is 441 g/mol. The molecule has 0 spiro atoms. The first-order valence-corrected chi connectivity index (χ1v) is 13.5. The van der Waals surface area contributed by atoms with Crippen molar-refractivity contribution < 1.29 is 4.79 Å². The van der Waals surface area contributed by atoms with E-state index in [-0.39, 0.29) is 5.41 Å². The lowest BCUT2D eigenvalue weighted by atomic mass is 9.45. The number of hydrogen-bond acceptors (Lipinski definition) is 2. The van der Waals surface area contributed by atoms with Gasteiger partial charge in [0.15, 0.2) is 0 Å². The van der Waals surface area contributed by atoms with Gasteiger partial charge >= 0.3 is 6.03 Å². The van der Waals surface area contributed by atoms with Gasteiger partial charge < -0.3 is 5.73 Å². The average Bonchev–Trinajstić information content (AvgIpc) is 3.09. The lowest BCUT2D eigenvalue weighted by molar-refractivity contribution is -0.0808.